The summed E-state index contributed by atoms with van der Waals surface area (Å²) in [6.07, 6.45) is 2.62. The third kappa shape index (κ3) is 3.73. The number of hydrogen-bond donors (Lipinski definition) is 2. The number of carboxylic acids is 1. The Kier molecular flexibility index (Phi) is 5.19. The monoisotopic (exact) mass is 273 g/mol. The number of rotatable bonds is 5. The van der Waals surface area contributed by atoms with E-state index in [4.69, 9.17) is 0 Å². The number of carboxylic acid groups (broad SMARTS) is 1. The largest absolute Gasteiger partial charge is 0.480 e. The summed E-state index contributed by atoms with van der Waals surface area (Å²) in [5.41, 5.74) is -1.09. The Hall–Kier alpha value is -1.04. The molecule has 0 aromatic carbocycles. The summed E-state index contributed by atoms with van der Waals surface area (Å²) >= 11 is 1.09. The lowest BCUT2D eigenvalue weighted by Crippen LogP contribution is -2.54. The third-order valence-corrected chi connectivity index (χ3v) is 4.29. The van der Waals surface area contributed by atoms with Crippen molar-refractivity contribution < 1.29 is 19.5 Å². The van der Waals surface area contributed by atoms with Gasteiger partial charge in [0.2, 0.25) is 5.91 Å². The van der Waals surface area contributed by atoms with Crippen molar-refractivity contribution in [1.29, 1.82) is 0 Å². The maximum atomic E-state index is 11.9. The Morgan fingerprint density at radius 1 is 1.33 bits per heavy atom. The normalized spacial score (nSPS) is 19.2. The lowest BCUT2D eigenvalue weighted by molar-refractivity contribution is -0.147. The van der Waals surface area contributed by atoms with Gasteiger partial charge in [0.05, 0.1) is 0 Å². The van der Waals surface area contributed by atoms with Crippen LogP contribution >= 0.6 is 11.8 Å². The van der Waals surface area contributed by atoms with Crippen LogP contribution in [0.1, 0.15) is 39.5 Å². The molecular weight excluding hydrogens is 254 g/mol. The molecule has 0 radical (unpaired) electrons. The van der Waals surface area contributed by atoms with E-state index in [0.717, 1.165) is 24.6 Å². The van der Waals surface area contributed by atoms with Crippen molar-refractivity contribution >= 4 is 28.8 Å². The summed E-state index contributed by atoms with van der Waals surface area (Å²) in [6, 6.07) is 0. The van der Waals surface area contributed by atoms with Crippen LogP contribution in [0.4, 0.5) is 0 Å². The van der Waals surface area contributed by atoms with Crippen LogP contribution in [0, 0.1) is 5.92 Å². The highest BCUT2D eigenvalue weighted by Gasteiger charge is 2.43. The second-order valence-electron chi connectivity index (χ2n) is 4.79. The lowest BCUT2D eigenvalue weighted by atomic mass is 9.97. The molecule has 0 spiro atoms. The van der Waals surface area contributed by atoms with Gasteiger partial charge in [-0.2, -0.15) is 0 Å². The molecule has 1 fully saturated rings. The molecule has 1 rings (SSSR count). The van der Waals surface area contributed by atoms with E-state index in [2.05, 4.69) is 5.32 Å². The number of thioether (sulfide) groups is 1. The molecule has 1 unspecified atom stereocenters. The van der Waals surface area contributed by atoms with E-state index in [1.807, 2.05) is 0 Å². The van der Waals surface area contributed by atoms with Crippen molar-refractivity contribution in [2.75, 3.05) is 5.75 Å². The predicted octanol–water partition coefficient (Wildman–Crippen LogP) is 1.42. The molecule has 0 aliphatic heterocycles. The highest BCUT2D eigenvalue weighted by atomic mass is 32.2. The topological polar surface area (TPSA) is 83.5 Å². The molecule has 0 bridgehead atoms. The van der Waals surface area contributed by atoms with Crippen LogP contribution in [0.2, 0.25) is 0 Å². The molecular formula is C12H19NO4S. The molecule has 0 saturated heterocycles. The second kappa shape index (κ2) is 6.22. The Labute approximate surface area is 111 Å². The molecule has 0 heterocycles. The van der Waals surface area contributed by atoms with Gasteiger partial charge in [-0.25, -0.2) is 4.79 Å². The minimum Gasteiger partial charge on any atom is -0.480 e. The van der Waals surface area contributed by atoms with Crippen LogP contribution in [0.3, 0.4) is 0 Å². The van der Waals surface area contributed by atoms with E-state index in [1.54, 1.807) is 6.92 Å². The van der Waals surface area contributed by atoms with Crippen LogP contribution in [-0.4, -0.2) is 33.4 Å². The van der Waals surface area contributed by atoms with E-state index in [1.165, 1.54) is 6.92 Å². The SMILES string of the molecule is CC(=O)SCC(C)C(=O)NC1(C(=O)O)CCCC1. The van der Waals surface area contributed by atoms with Crippen LogP contribution in [0.25, 0.3) is 0 Å². The van der Waals surface area contributed by atoms with Crippen LogP contribution in [-0.2, 0) is 14.4 Å². The fourth-order valence-corrected chi connectivity index (χ4v) is 2.68. The molecule has 6 heteroatoms. The molecule has 18 heavy (non-hydrogen) atoms. The number of amides is 1. The van der Waals surface area contributed by atoms with Gasteiger partial charge in [0.15, 0.2) is 5.12 Å². The smallest absolute Gasteiger partial charge is 0.329 e. The average molecular weight is 273 g/mol. The molecule has 1 aliphatic rings. The van der Waals surface area contributed by atoms with Crippen molar-refractivity contribution in [2.24, 2.45) is 5.92 Å². The van der Waals surface area contributed by atoms with Gasteiger partial charge >= 0.3 is 5.97 Å². The van der Waals surface area contributed by atoms with Crippen molar-refractivity contribution in [3.05, 3.63) is 0 Å². The van der Waals surface area contributed by atoms with Crippen molar-refractivity contribution in [3.8, 4) is 0 Å². The maximum absolute atomic E-state index is 11.9. The fourth-order valence-electron chi connectivity index (χ4n) is 2.05. The molecule has 1 aliphatic carbocycles. The maximum Gasteiger partial charge on any atom is 0.329 e. The quantitative estimate of drug-likeness (QED) is 0.791. The van der Waals surface area contributed by atoms with E-state index in [-0.39, 0.29) is 16.9 Å². The summed E-state index contributed by atoms with van der Waals surface area (Å²) in [5, 5.41) is 11.9. The molecule has 0 aromatic rings. The second-order valence-corrected chi connectivity index (χ2v) is 5.98. The van der Waals surface area contributed by atoms with Crippen molar-refractivity contribution in [1.82, 2.24) is 5.32 Å². The summed E-state index contributed by atoms with van der Waals surface area (Å²) in [4.78, 5) is 34.0. The molecule has 2 N–H and O–H groups in total. The van der Waals surface area contributed by atoms with Gasteiger partial charge in [0, 0.05) is 18.6 Å². The number of nitrogens with one attached hydrogen (secondary N) is 1. The lowest BCUT2D eigenvalue weighted by Gasteiger charge is -2.26. The summed E-state index contributed by atoms with van der Waals surface area (Å²) in [7, 11) is 0. The Morgan fingerprint density at radius 2 is 1.89 bits per heavy atom. The van der Waals surface area contributed by atoms with Gasteiger partial charge in [-0.15, -0.1) is 0 Å². The van der Waals surface area contributed by atoms with E-state index in [9.17, 15) is 19.5 Å². The first-order chi connectivity index (χ1) is 8.37. The standard InChI is InChI=1S/C12H19NO4S/c1-8(7-18-9(2)14)10(15)13-12(11(16)17)5-3-4-6-12/h8H,3-7H2,1-2H3,(H,13,15)(H,16,17). The first kappa shape index (κ1) is 15.0. The molecule has 0 aromatic heterocycles. The number of carbonyl (C=O) groups excluding carboxylic acids is 2. The van der Waals surface area contributed by atoms with Gasteiger partial charge < -0.3 is 10.4 Å². The zero-order valence-electron chi connectivity index (χ0n) is 10.7. The Balaban J connectivity index is 2.56. The molecule has 1 atom stereocenters. The van der Waals surface area contributed by atoms with Gasteiger partial charge in [-0.3, -0.25) is 9.59 Å². The average Bonchev–Trinajstić information content (AvgIpc) is 2.75. The Bertz CT molecular complexity index is 350. The number of hydrogen-bond acceptors (Lipinski definition) is 4. The molecule has 102 valence electrons. The van der Waals surface area contributed by atoms with Gasteiger partial charge in [0.1, 0.15) is 5.54 Å². The van der Waals surface area contributed by atoms with E-state index >= 15 is 0 Å². The zero-order valence-corrected chi connectivity index (χ0v) is 11.5. The van der Waals surface area contributed by atoms with Crippen LogP contribution in [0.15, 0.2) is 0 Å². The van der Waals surface area contributed by atoms with Crippen molar-refractivity contribution in [2.45, 2.75) is 45.1 Å². The minimum absolute atomic E-state index is 0.0385. The third-order valence-electron chi connectivity index (χ3n) is 3.21. The van der Waals surface area contributed by atoms with Crippen LogP contribution < -0.4 is 5.32 Å². The highest BCUT2D eigenvalue weighted by Crippen LogP contribution is 2.30. The first-order valence-electron chi connectivity index (χ1n) is 6.06. The van der Waals surface area contributed by atoms with Gasteiger partial charge in [-0.05, 0) is 12.8 Å². The summed E-state index contributed by atoms with van der Waals surface area (Å²) in [6.45, 7) is 3.15. The number of carbonyl (C=O) groups is 3. The zero-order chi connectivity index (χ0) is 13.8. The van der Waals surface area contributed by atoms with E-state index < -0.39 is 11.5 Å². The van der Waals surface area contributed by atoms with Gasteiger partial charge in [0.25, 0.3) is 0 Å². The van der Waals surface area contributed by atoms with Crippen molar-refractivity contribution in [3.63, 3.8) is 0 Å². The van der Waals surface area contributed by atoms with E-state index in [0.29, 0.717) is 18.6 Å². The highest BCUT2D eigenvalue weighted by molar-refractivity contribution is 8.13. The number of aliphatic carboxylic acids is 1. The van der Waals surface area contributed by atoms with Gasteiger partial charge in [-0.1, -0.05) is 31.5 Å². The molecule has 1 amide bonds. The molecule has 1 saturated carbocycles. The summed E-state index contributed by atoms with van der Waals surface area (Å²) < 4.78 is 0. The predicted molar refractivity (Wildman–Crippen MR) is 69.3 cm³/mol. The van der Waals surface area contributed by atoms with Crippen LogP contribution in [0.5, 0.6) is 0 Å². The fraction of sp³-hybridized carbons (Fsp3) is 0.750. The summed E-state index contributed by atoms with van der Waals surface area (Å²) in [5.74, 6) is -1.22. The first-order valence-corrected chi connectivity index (χ1v) is 7.05. The Morgan fingerprint density at radius 3 is 2.33 bits per heavy atom. The minimum atomic E-state index is -1.09. The molecule has 5 nitrogen and oxygen atoms in total.